The summed E-state index contributed by atoms with van der Waals surface area (Å²) in [7, 11) is 1.56. The molecule has 168 valence electrons. The number of aliphatic imine (C=N–C) groups is 1. The van der Waals surface area contributed by atoms with Crippen LogP contribution in [0.3, 0.4) is 0 Å². The van der Waals surface area contributed by atoms with Gasteiger partial charge >= 0.3 is 0 Å². The summed E-state index contributed by atoms with van der Waals surface area (Å²) in [4.78, 5) is 7.22. The summed E-state index contributed by atoms with van der Waals surface area (Å²) >= 11 is 0. The molecule has 1 heterocycles. The smallest absolute Gasteiger partial charge is 0.191 e. The van der Waals surface area contributed by atoms with Crippen LogP contribution in [-0.2, 0) is 24.2 Å². The molecule has 3 rings (SSSR count). The van der Waals surface area contributed by atoms with Crippen LogP contribution in [0.25, 0.3) is 0 Å². The van der Waals surface area contributed by atoms with Gasteiger partial charge in [-0.05, 0) is 36.1 Å². The summed E-state index contributed by atoms with van der Waals surface area (Å²) in [5.74, 6) is 1.46. The summed E-state index contributed by atoms with van der Waals surface area (Å²) in [6.45, 7) is 8.58. The maximum atomic E-state index is 10.3. The van der Waals surface area contributed by atoms with E-state index in [2.05, 4.69) is 46.7 Å². The largest absolute Gasteiger partial charge is 0.504 e. The lowest BCUT2D eigenvalue weighted by atomic mass is 10.1. The quantitative estimate of drug-likeness (QED) is 0.423. The first kappa shape index (κ1) is 22.9. The third kappa shape index (κ3) is 6.87. The maximum absolute atomic E-state index is 10.3. The van der Waals surface area contributed by atoms with Crippen LogP contribution in [0, 0.1) is 0 Å². The highest BCUT2D eigenvalue weighted by atomic mass is 16.5. The molecule has 0 atom stereocenters. The Morgan fingerprint density at radius 3 is 2.55 bits per heavy atom. The fourth-order valence-electron chi connectivity index (χ4n) is 3.62. The van der Waals surface area contributed by atoms with Gasteiger partial charge in [0.05, 0.1) is 26.9 Å². The number of para-hydroxylation sites is 1. The van der Waals surface area contributed by atoms with Gasteiger partial charge in [-0.25, -0.2) is 4.99 Å². The average molecular weight is 427 g/mol. The zero-order valence-corrected chi connectivity index (χ0v) is 18.6. The Kier molecular flexibility index (Phi) is 8.99. The van der Waals surface area contributed by atoms with Crippen molar-refractivity contribution in [3.63, 3.8) is 0 Å². The van der Waals surface area contributed by atoms with Crippen molar-refractivity contribution in [2.24, 2.45) is 4.99 Å². The number of hydrogen-bond donors (Lipinski definition) is 3. The van der Waals surface area contributed by atoms with Crippen LogP contribution < -0.4 is 15.4 Å². The number of ether oxygens (including phenoxy) is 2. The lowest BCUT2D eigenvalue weighted by Crippen LogP contribution is -2.38. The molecule has 7 nitrogen and oxygen atoms in total. The number of nitrogens with zero attached hydrogens (tertiary/aromatic N) is 2. The van der Waals surface area contributed by atoms with E-state index in [1.54, 1.807) is 13.2 Å². The van der Waals surface area contributed by atoms with Crippen molar-refractivity contribution >= 4 is 5.96 Å². The second kappa shape index (κ2) is 12.2. The van der Waals surface area contributed by atoms with Crippen LogP contribution in [-0.4, -0.2) is 62.5 Å². The number of phenols is 1. The number of nitrogens with one attached hydrogen (secondary N) is 2. The third-order valence-electron chi connectivity index (χ3n) is 5.36. The Morgan fingerprint density at radius 2 is 1.81 bits per heavy atom. The van der Waals surface area contributed by atoms with Gasteiger partial charge in [0.1, 0.15) is 0 Å². The van der Waals surface area contributed by atoms with E-state index in [0.29, 0.717) is 25.3 Å². The highest BCUT2D eigenvalue weighted by Crippen LogP contribution is 2.29. The highest BCUT2D eigenvalue weighted by Gasteiger charge is 2.13. The molecular weight excluding hydrogens is 392 g/mol. The molecule has 0 bridgehead atoms. The topological polar surface area (TPSA) is 78.4 Å². The number of aromatic hydroxyl groups is 1. The van der Waals surface area contributed by atoms with Crippen molar-refractivity contribution in [2.45, 2.75) is 26.4 Å². The first-order valence-corrected chi connectivity index (χ1v) is 10.9. The molecule has 0 amide bonds. The van der Waals surface area contributed by atoms with Gasteiger partial charge < -0.3 is 25.2 Å². The van der Waals surface area contributed by atoms with Gasteiger partial charge in [-0.1, -0.05) is 36.4 Å². The van der Waals surface area contributed by atoms with Crippen LogP contribution >= 0.6 is 0 Å². The van der Waals surface area contributed by atoms with Gasteiger partial charge in [0, 0.05) is 32.7 Å². The predicted molar refractivity (Wildman–Crippen MR) is 124 cm³/mol. The number of phenolic OH excluding ortho intramolecular Hbond substituents is 1. The molecule has 0 saturated carbocycles. The van der Waals surface area contributed by atoms with Crippen LogP contribution in [0.2, 0.25) is 0 Å². The molecule has 1 fully saturated rings. The molecule has 0 aromatic heterocycles. The second-order valence-electron chi connectivity index (χ2n) is 7.50. The molecule has 2 aromatic rings. The van der Waals surface area contributed by atoms with Crippen molar-refractivity contribution in [1.29, 1.82) is 0 Å². The molecule has 1 saturated heterocycles. The Labute approximate surface area is 185 Å². The van der Waals surface area contributed by atoms with Crippen molar-refractivity contribution in [2.75, 3.05) is 46.5 Å². The van der Waals surface area contributed by atoms with Crippen LogP contribution in [0.15, 0.2) is 47.5 Å². The number of benzene rings is 2. The summed E-state index contributed by atoms with van der Waals surface area (Å²) in [6, 6.07) is 14.0. The lowest BCUT2D eigenvalue weighted by molar-refractivity contribution is 0.0341. The normalized spacial score (nSPS) is 15.0. The number of morpholine rings is 1. The standard InChI is InChI=1S/C24H34N4O3/c1-3-25-24(26-12-11-19-9-6-10-22(30-2)23(19)29)27-17-20-7-4-5-8-21(20)18-28-13-15-31-16-14-28/h4-10,29H,3,11-18H2,1-2H3,(H2,25,26,27). The van der Waals surface area contributed by atoms with Crippen molar-refractivity contribution < 1.29 is 14.6 Å². The Balaban J connectivity index is 1.59. The SMILES string of the molecule is CCNC(=NCc1ccccc1CN1CCOCC1)NCCc1cccc(OC)c1O. The first-order valence-electron chi connectivity index (χ1n) is 10.9. The molecule has 0 radical (unpaired) electrons. The fourth-order valence-corrected chi connectivity index (χ4v) is 3.62. The van der Waals surface area contributed by atoms with E-state index in [1.165, 1.54) is 11.1 Å². The fraction of sp³-hybridized carbons (Fsp3) is 0.458. The van der Waals surface area contributed by atoms with Gasteiger partial charge in [-0.15, -0.1) is 0 Å². The summed E-state index contributed by atoms with van der Waals surface area (Å²) in [6.07, 6.45) is 0.668. The molecule has 7 heteroatoms. The van der Waals surface area contributed by atoms with Gasteiger partial charge in [0.25, 0.3) is 0 Å². The number of rotatable bonds is 9. The zero-order chi connectivity index (χ0) is 21.9. The van der Waals surface area contributed by atoms with E-state index >= 15 is 0 Å². The minimum absolute atomic E-state index is 0.200. The predicted octanol–water partition coefficient (Wildman–Crippen LogP) is 2.53. The van der Waals surface area contributed by atoms with Crippen LogP contribution in [0.4, 0.5) is 0 Å². The Bertz CT molecular complexity index is 850. The molecule has 0 spiro atoms. The summed E-state index contributed by atoms with van der Waals surface area (Å²) < 4.78 is 10.6. The number of methoxy groups -OCH3 is 1. The van der Waals surface area contributed by atoms with Crippen LogP contribution in [0.5, 0.6) is 11.5 Å². The summed E-state index contributed by atoms with van der Waals surface area (Å²) in [5, 5.41) is 16.9. The molecular formula is C24H34N4O3. The molecule has 1 aliphatic rings. The van der Waals surface area contributed by atoms with E-state index in [9.17, 15) is 5.11 Å². The van der Waals surface area contributed by atoms with Gasteiger partial charge in [-0.2, -0.15) is 0 Å². The zero-order valence-electron chi connectivity index (χ0n) is 18.6. The van der Waals surface area contributed by atoms with Gasteiger partial charge in [0.15, 0.2) is 17.5 Å². The van der Waals surface area contributed by atoms with Gasteiger partial charge in [-0.3, -0.25) is 4.90 Å². The van der Waals surface area contributed by atoms with Crippen molar-refractivity contribution in [1.82, 2.24) is 15.5 Å². The molecule has 0 aliphatic carbocycles. The average Bonchev–Trinajstić information content (AvgIpc) is 2.80. The third-order valence-corrected chi connectivity index (χ3v) is 5.36. The van der Waals surface area contributed by atoms with E-state index in [0.717, 1.165) is 50.9 Å². The van der Waals surface area contributed by atoms with Gasteiger partial charge in [0.2, 0.25) is 0 Å². The molecule has 3 N–H and O–H groups in total. The molecule has 1 aliphatic heterocycles. The monoisotopic (exact) mass is 426 g/mol. The molecule has 2 aromatic carbocycles. The summed E-state index contributed by atoms with van der Waals surface area (Å²) in [5.41, 5.74) is 3.39. The first-order chi connectivity index (χ1) is 15.2. The van der Waals surface area contributed by atoms with Crippen molar-refractivity contribution in [3.05, 3.63) is 59.2 Å². The highest BCUT2D eigenvalue weighted by molar-refractivity contribution is 5.79. The minimum Gasteiger partial charge on any atom is -0.504 e. The van der Waals surface area contributed by atoms with E-state index in [4.69, 9.17) is 14.5 Å². The minimum atomic E-state index is 0.200. The van der Waals surface area contributed by atoms with E-state index in [1.807, 2.05) is 12.1 Å². The second-order valence-corrected chi connectivity index (χ2v) is 7.50. The molecule has 31 heavy (non-hydrogen) atoms. The Morgan fingerprint density at radius 1 is 1.06 bits per heavy atom. The maximum Gasteiger partial charge on any atom is 0.191 e. The number of hydrogen-bond acceptors (Lipinski definition) is 5. The molecule has 0 unspecified atom stereocenters. The number of guanidine groups is 1. The van der Waals surface area contributed by atoms with E-state index < -0.39 is 0 Å². The van der Waals surface area contributed by atoms with Crippen LogP contribution in [0.1, 0.15) is 23.6 Å². The van der Waals surface area contributed by atoms with E-state index in [-0.39, 0.29) is 5.75 Å². The van der Waals surface area contributed by atoms with Crippen molar-refractivity contribution in [3.8, 4) is 11.5 Å². The lowest BCUT2D eigenvalue weighted by Gasteiger charge is -2.27. The Hall–Kier alpha value is -2.77.